The highest BCUT2D eigenvalue weighted by Crippen LogP contribution is 2.22. The van der Waals surface area contributed by atoms with Crippen LogP contribution in [0, 0.1) is 0 Å². The maximum atomic E-state index is 12.5. The summed E-state index contributed by atoms with van der Waals surface area (Å²) in [5.74, 6) is -0.198. The fourth-order valence-corrected chi connectivity index (χ4v) is 2.66. The lowest BCUT2D eigenvalue weighted by Crippen LogP contribution is -2.53. The number of anilines is 1. The Hall–Kier alpha value is -1.63. The Balaban J connectivity index is 0.00000264. The summed E-state index contributed by atoms with van der Waals surface area (Å²) in [5.41, 5.74) is 0.919. The van der Waals surface area contributed by atoms with Gasteiger partial charge in [0.05, 0.1) is 0 Å². The Morgan fingerprint density at radius 1 is 1.30 bits per heavy atom. The van der Waals surface area contributed by atoms with Crippen LogP contribution in [0.1, 0.15) is 25.3 Å². The van der Waals surface area contributed by atoms with Gasteiger partial charge in [0.15, 0.2) is 0 Å². The molecule has 6 nitrogen and oxygen atoms in total. The predicted molar refractivity (Wildman–Crippen MR) is 91.7 cm³/mol. The minimum Gasteiger partial charge on any atom is -0.368 e. The molecule has 23 heavy (non-hydrogen) atoms. The van der Waals surface area contributed by atoms with E-state index in [0.717, 1.165) is 24.3 Å². The molecule has 1 aliphatic heterocycles. The highest BCUT2D eigenvalue weighted by Gasteiger charge is 2.39. The summed E-state index contributed by atoms with van der Waals surface area (Å²) < 4.78 is 5.50. The number of halogens is 1. The molecular formula is C16H24ClN3O3. The monoisotopic (exact) mass is 341 g/mol. The van der Waals surface area contributed by atoms with Crippen molar-refractivity contribution in [1.82, 2.24) is 10.6 Å². The van der Waals surface area contributed by atoms with Crippen LogP contribution in [0.4, 0.5) is 5.69 Å². The van der Waals surface area contributed by atoms with Crippen LogP contribution in [0.3, 0.4) is 0 Å². The molecule has 0 unspecified atom stereocenters. The van der Waals surface area contributed by atoms with Gasteiger partial charge in [0, 0.05) is 26.3 Å². The second-order valence-electron chi connectivity index (χ2n) is 5.51. The highest BCUT2D eigenvalue weighted by molar-refractivity contribution is 5.88. The molecule has 1 aliphatic rings. The molecule has 1 aromatic rings. The number of methoxy groups -OCH3 is 1. The van der Waals surface area contributed by atoms with Gasteiger partial charge in [0.25, 0.3) is 5.91 Å². The first kappa shape index (κ1) is 19.4. The molecule has 1 aromatic carbocycles. The molecule has 1 saturated heterocycles. The highest BCUT2D eigenvalue weighted by atomic mass is 35.5. The van der Waals surface area contributed by atoms with Gasteiger partial charge in [-0.25, -0.2) is 0 Å². The standard InChI is InChI=1S/C16H23N3O3.ClH/c1-12(20)19-14-5-3-4-13(10-14)11-18-15(21)16(22-2)6-8-17-9-7-16;/h3-5,10,17H,6-9,11H2,1-2H3,(H,18,21)(H,19,20);1H. The van der Waals surface area contributed by atoms with E-state index in [4.69, 9.17) is 4.74 Å². The zero-order valence-electron chi connectivity index (χ0n) is 13.5. The molecule has 0 spiro atoms. The van der Waals surface area contributed by atoms with Crippen molar-refractivity contribution in [2.45, 2.75) is 31.9 Å². The number of carbonyl (C=O) groups is 2. The number of hydrogen-bond donors (Lipinski definition) is 3. The number of benzene rings is 1. The van der Waals surface area contributed by atoms with Crippen molar-refractivity contribution in [2.24, 2.45) is 0 Å². The predicted octanol–water partition coefficient (Wildman–Crippen LogP) is 1.45. The van der Waals surface area contributed by atoms with Gasteiger partial charge in [0.2, 0.25) is 5.91 Å². The summed E-state index contributed by atoms with van der Waals surface area (Å²) in [7, 11) is 1.59. The second kappa shape index (κ2) is 8.86. The lowest BCUT2D eigenvalue weighted by Gasteiger charge is -2.34. The average Bonchev–Trinajstić information content (AvgIpc) is 2.53. The number of ether oxygens (including phenoxy) is 1. The zero-order chi connectivity index (χ0) is 16.0. The van der Waals surface area contributed by atoms with E-state index < -0.39 is 5.60 Å². The van der Waals surface area contributed by atoms with Gasteiger partial charge in [-0.05, 0) is 43.6 Å². The lowest BCUT2D eigenvalue weighted by molar-refractivity contribution is -0.146. The molecule has 0 bridgehead atoms. The first-order chi connectivity index (χ1) is 10.6. The maximum Gasteiger partial charge on any atom is 0.252 e. The first-order valence-electron chi connectivity index (χ1n) is 7.46. The first-order valence-corrected chi connectivity index (χ1v) is 7.46. The van der Waals surface area contributed by atoms with Crippen LogP contribution in [0.25, 0.3) is 0 Å². The molecule has 0 atom stereocenters. The van der Waals surface area contributed by atoms with Gasteiger partial charge >= 0.3 is 0 Å². The number of hydrogen-bond acceptors (Lipinski definition) is 4. The number of carbonyl (C=O) groups excluding carboxylic acids is 2. The van der Waals surface area contributed by atoms with Crippen LogP contribution >= 0.6 is 12.4 Å². The SMILES string of the molecule is COC1(C(=O)NCc2cccc(NC(C)=O)c2)CCNCC1.Cl. The number of nitrogens with one attached hydrogen (secondary N) is 3. The number of rotatable bonds is 5. The third kappa shape index (κ3) is 5.20. The van der Waals surface area contributed by atoms with Crippen molar-refractivity contribution in [3.05, 3.63) is 29.8 Å². The van der Waals surface area contributed by atoms with E-state index in [1.54, 1.807) is 7.11 Å². The van der Waals surface area contributed by atoms with Gasteiger partial charge in [-0.15, -0.1) is 12.4 Å². The van der Waals surface area contributed by atoms with Gasteiger partial charge in [-0.2, -0.15) is 0 Å². The molecule has 128 valence electrons. The maximum absolute atomic E-state index is 12.5. The normalized spacial score (nSPS) is 16.1. The van der Waals surface area contributed by atoms with E-state index in [1.165, 1.54) is 6.92 Å². The van der Waals surface area contributed by atoms with Crippen molar-refractivity contribution >= 4 is 29.9 Å². The van der Waals surface area contributed by atoms with E-state index in [2.05, 4.69) is 16.0 Å². The molecule has 1 fully saturated rings. The van der Waals surface area contributed by atoms with Crippen molar-refractivity contribution in [3.63, 3.8) is 0 Å². The fraction of sp³-hybridized carbons (Fsp3) is 0.500. The van der Waals surface area contributed by atoms with E-state index in [-0.39, 0.29) is 24.2 Å². The molecule has 0 aliphatic carbocycles. The molecule has 7 heteroatoms. The second-order valence-corrected chi connectivity index (χ2v) is 5.51. The Kier molecular flexibility index (Phi) is 7.48. The van der Waals surface area contributed by atoms with E-state index in [0.29, 0.717) is 19.4 Å². The van der Waals surface area contributed by atoms with E-state index in [1.807, 2.05) is 24.3 Å². The Morgan fingerprint density at radius 2 is 2.00 bits per heavy atom. The Labute approximate surface area is 142 Å². The van der Waals surface area contributed by atoms with Crippen molar-refractivity contribution in [3.8, 4) is 0 Å². The summed E-state index contributed by atoms with van der Waals surface area (Å²) in [4.78, 5) is 23.5. The third-order valence-electron chi connectivity index (χ3n) is 3.92. The van der Waals surface area contributed by atoms with Crippen LogP contribution in [0.2, 0.25) is 0 Å². The summed E-state index contributed by atoms with van der Waals surface area (Å²) >= 11 is 0. The topological polar surface area (TPSA) is 79.5 Å². The summed E-state index contributed by atoms with van der Waals surface area (Å²) in [6, 6.07) is 7.43. The van der Waals surface area contributed by atoms with Crippen LogP contribution < -0.4 is 16.0 Å². The van der Waals surface area contributed by atoms with Crippen molar-refractivity contribution in [1.29, 1.82) is 0 Å². The van der Waals surface area contributed by atoms with Gasteiger partial charge in [-0.3, -0.25) is 9.59 Å². The minimum atomic E-state index is -0.736. The lowest BCUT2D eigenvalue weighted by atomic mass is 9.91. The molecule has 0 aromatic heterocycles. The summed E-state index contributed by atoms with van der Waals surface area (Å²) in [6.07, 6.45) is 1.34. The fourth-order valence-electron chi connectivity index (χ4n) is 2.66. The Morgan fingerprint density at radius 3 is 2.61 bits per heavy atom. The van der Waals surface area contributed by atoms with E-state index in [9.17, 15) is 9.59 Å². The molecule has 0 radical (unpaired) electrons. The molecule has 0 saturated carbocycles. The zero-order valence-corrected chi connectivity index (χ0v) is 14.3. The average molecular weight is 342 g/mol. The van der Waals surface area contributed by atoms with Crippen LogP contribution in [-0.4, -0.2) is 37.6 Å². The molecule has 1 heterocycles. The largest absolute Gasteiger partial charge is 0.368 e. The van der Waals surface area contributed by atoms with Crippen LogP contribution in [0.5, 0.6) is 0 Å². The van der Waals surface area contributed by atoms with Gasteiger partial charge in [0.1, 0.15) is 5.60 Å². The van der Waals surface area contributed by atoms with Gasteiger partial charge < -0.3 is 20.7 Å². The number of amides is 2. The van der Waals surface area contributed by atoms with Crippen molar-refractivity contribution < 1.29 is 14.3 Å². The summed E-state index contributed by atoms with van der Waals surface area (Å²) in [6.45, 7) is 3.43. The summed E-state index contributed by atoms with van der Waals surface area (Å²) in [5, 5.41) is 8.89. The molecule has 3 N–H and O–H groups in total. The van der Waals surface area contributed by atoms with E-state index >= 15 is 0 Å². The van der Waals surface area contributed by atoms with Crippen LogP contribution in [0.15, 0.2) is 24.3 Å². The smallest absolute Gasteiger partial charge is 0.252 e. The number of piperidine rings is 1. The van der Waals surface area contributed by atoms with Gasteiger partial charge in [-0.1, -0.05) is 12.1 Å². The molecular weight excluding hydrogens is 318 g/mol. The Bertz CT molecular complexity index is 545. The molecule has 2 rings (SSSR count). The van der Waals surface area contributed by atoms with Crippen LogP contribution in [-0.2, 0) is 20.9 Å². The third-order valence-corrected chi connectivity index (χ3v) is 3.92. The quantitative estimate of drug-likeness (QED) is 0.757. The molecule has 2 amide bonds. The minimum absolute atomic E-state index is 0. The van der Waals surface area contributed by atoms with Crippen molar-refractivity contribution in [2.75, 3.05) is 25.5 Å².